The summed E-state index contributed by atoms with van der Waals surface area (Å²) in [5.41, 5.74) is 0.744. The zero-order valence-electron chi connectivity index (χ0n) is 84.8. The van der Waals surface area contributed by atoms with Crippen LogP contribution in [0.1, 0.15) is 139 Å². The maximum absolute atomic E-state index is 15.3. The van der Waals surface area contributed by atoms with E-state index in [1.54, 1.807) is 72.8 Å². The SMILES string of the molecule is C=CC(=O)OCCCC[Si](C)(C)c1ccc(C(=O)Oc2cc3c4cc(OC(=O)c5ccc([Si](C)(C)CCCCOC(=O)C=C)cc5)c(OC(=O)c5ccc([Si](C)(C)CCCCOC(=O)C=C)cc5)cc4c4cc(OC(=O)c5ccc([Si](C)(C)CCCCOC(=O)C=C)cc5)c(OC(=O)c5ccc([Si](C)(C)CCCCOC(=O)C=C)cc5)cc4c3cc2OC(=O)c2ccc([Si](C)(C)CCCCOC(=O)C=C)cc2)cc1. The van der Waals surface area contributed by atoms with Crippen molar-refractivity contribution in [1.29, 1.82) is 0 Å². The first-order valence-corrected chi connectivity index (χ1v) is 68.0. The Kier molecular flexibility index (Phi) is 40.6. The van der Waals surface area contributed by atoms with Crippen molar-refractivity contribution in [2.24, 2.45) is 0 Å². The van der Waals surface area contributed by atoms with Crippen molar-refractivity contribution in [3.05, 3.63) is 291 Å². The molecule has 10 aromatic rings. The van der Waals surface area contributed by atoms with E-state index in [9.17, 15) is 28.8 Å². The van der Waals surface area contributed by atoms with E-state index in [0.717, 1.165) is 142 Å². The number of unbranched alkanes of at least 4 members (excludes halogenated alkanes) is 6. The summed E-state index contributed by atoms with van der Waals surface area (Å²) in [4.78, 5) is 163. The maximum Gasteiger partial charge on any atom is 0.343 e. The van der Waals surface area contributed by atoms with Crippen molar-refractivity contribution >= 4 is 184 Å². The quantitative estimate of drug-likeness (QED) is 0.00650. The van der Waals surface area contributed by atoms with Gasteiger partial charge in [-0.15, -0.1) is 0 Å². The van der Waals surface area contributed by atoms with Crippen LogP contribution < -0.4 is 59.5 Å². The number of ether oxygens (including phenoxy) is 12. The zero-order chi connectivity index (χ0) is 105. The molecule has 0 aliphatic rings. The van der Waals surface area contributed by atoms with Crippen molar-refractivity contribution in [2.45, 2.75) is 192 Å². The fraction of sp³-hybridized carbons (Fsp3) is 0.316. The molecule has 10 aromatic carbocycles. The van der Waals surface area contributed by atoms with Crippen LogP contribution in [-0.2, 0) is 57.2 Å². The number of rotatable bonds is 54. The summed E-state index contributed by atoms with van der Waals surface area (Å²) in [6.45, 7) is 48.8. The van der Waals surface area contributed by atoms with Crippen molar-refractivity contribution in [1.82, 2.24) is 0 Å². The molecule has 144 heavy (non-hydrogen) atoms. The highest BCUT2D eigenvalue weighted by molar-refractivity contribution is 6.92. The number of carbonyl (C=O) groups excluding carboxylic acids is 12. The largest absolute Gasteiger partial charge is 0.463 e. The Morgan fingerprint density at radius 3 is 0.424 bits per heavy atom. The third-order valence-corrected chi connectivity index (χ3v) is 47.4. The number of esters is 12. The monoisotopic (exact) mass is 2050 g/mol. The summed E-state index contributed by atoms with van der Waals surface area (Å²) < 4.78 is 71.1. The molecule has 0 aliphatic heterocycles. The lowest BCUT2D eigenvalue weighted by molar-refractivity contribution is -0.138. The Morgan fingerprint density at radius 2 is 0.312 bits per heavy atom. The number of hydrogen-bond donors (Lipinski definition) is 0. The van der Waals surface area contributed by atoms with Gasteiger partial charge in [-0.25, -0.2) is 57.5 Å². The topological polar surface area (TPSA) is 316 Å². The molecule has 10 rings (SSSR count). The van der Waals surface area contributed by atoms with Crippen molar-refractivity contribution in [3.63, 3.8) is 0 Å². The molecule has 0 bridgehead atoms. The van der Waals surface area contributed by atoms with Gasteiger partial charge in [0.15, 0.2) is 34.5 Å². The summed E-state index contributed by atoms with van der Waals surface area (Å²) in [6.07, 6.45) is 15.1. The summed E-state index contributed by atoms with van der Waals surface area (Å²) in [7, 11) is -13.2. The maximum atomic E-state index is 15.3. The van der Waals surface area contributed by atoms with Crippen molar-refractivity contribution in [3.8, 4) is 34.5 Å². The van der Waals surface area contributed by atoms with Crippen LogP contribution in [0.5, 0.6) is 34.5 Å². The Balaban J connectivity index is 1.20. The van der Waals surface area contributed by atoms with Gasteiger partial charge in [0.25, 0.3) is 0 Å². The number of benzene rings is 10. The molecule has 0 aromatic heterocycles. The molecule has 24 nitrogen and oxygen atoms in total. The van der Waals surface area contributed by atoms with Gasteiger partial charge in [-0.05, 0) is 180 Å². The van der Waals surface area contributed by atoms with Gasteiger partial charge in [-0.3, -0.25) is 0 Å². The van der Waals surface area contributed by atoms with E-state index in [-0.39, 0.29) is 140 Å². The van der Waals surface area contributed by atoms with E-state index in [1.807, 2.05) is 72.8 Å². The third kappa shape index (κ3) is 31.7. The third-order valence-electron chi connectivity index (χ3n) is 26.4. The lowest BCUT2D eigenvalue weighted by Gasteiger charge is -2.23. The van der Waals surface area contributed by atoms with Gasteiger partial charge >= 0.3 is 71.6 Å². The number of carbonyl (C=O) groups is 12. The predicted molar refractivity (Wildman–Crippen MR) is 581 cm³/mol. The van der Waals surface area contributed by atoms with Crippen LogP contribution in [0, 0.1) is 0 Å². The molecule has 0 atom stereocenters. The minimum atomic E-state index is -2.20. The summed E-state index contributed by atoms with van der Waals surface area (Å²) in [5.74, 6) is -9.78. The molecule has 0 saturated carbocycles. The second kappa shape index (κ2) is 52.0. The van der Waals surface area contributed by atoms with Gasteiger partial charge in [0, 0.05) is 36.5 Å². The molecule has 0 saturated heterocycles. The van der Waals surface area contributed by atoms with Crippen LogP contribution >= 0.6 is 0 Å². The minimum Gasteiger partial charge on any atom is -0.463 e. The Bertz CT molecular complexity index is 5370. The molecular formula is C114H132O24Si6. The van der Waals surface area contributed by atoms with Crippen molar-refractivity contribution < 1.29 is 114 Å². The van der Waals surface area contributed by atoms with Crippen LogP contribution in [0.3, 0.4) is 0 Å². The Labute approximate surface area is 849 Å². The van der Waals surface area contributed by atoms with E-state index >= 15 is 28.8 Å². The average Bonchev–Trinajstić information content (AvgIpc) is 0.719. The molecule has 0 amide bonds. The molecule has 30 heteroatoms. The molecule has 0 unspecified atom stereocenters. The highest BCUT2D eigenvalue weighted by Gasteiger charge is 2.34. The van der Waals surface area contributed by atoms with Gasteiger partial charge in [0.1, 0.15) is 0 Å². The first kappa shape index (κ1) is 112. The zero-order valence-corrected chi connectivity index (χ0v) is 90.8. The summed E-state index contributed by atoms with van der Waals surface area (Å²) >= 11 is 0. The first-order chi connectivity index (χ1) is 68.5. The first-order valence-electron chi connectivity index (χ1n) is 48.8. The lowest BCUT2D eigenvalue weighted by Crippen LogP contribution is -2.41. The van der Waals surface area contributed by atoms with E-state index in [0.29, 0.717) is 38.5 Å². The fourth-order valence-corrected chi connectivity index (χ4v) is 32.0. The highest BCUT2D eigenvalue weighted by atomic mass is 28.3. The predicted octanol–water partition coefficient (Wildman–Crippen LogP) is 21.0. The lowest BCUT2D eigenvalue weighted by atomic mass is 9.93. The molecular weight excluding hydrogens is 1920 g/mol. The Hall–Kier alpha value is -13.6. The summed E-state index contributed by atoms with van der Waals surface area (Å²) in [6, 6.07) is 56.6. The van der Waals surface area contributed by atoms with E-state index in [1.165, 1.54) is 36.4 Å². The average molecular weight is 2050 g/mol. The van der Waals surface area contributed by atoms with Crippen LogP contribution in [0.15, 0.2) is 258 Å². The van der Waals surface area contributed by atoms with Crippen LogP contribution in [0.25, 0.3) is 32.3 Å². The van der Waals surface area contributed by atoms with Gasteiger partial charge < -0.3 is 56.8 Å². The van der Waals surface area contributed by atoms with E-state index in [4.69, 9.17) is 56.8 Å². The van der Waals surface area contributed by atoms with Crippen LogP contribution in [0.4, 0.5) is 0 Å². The highest BCUT2D eigenvalue weighted by Crippen LogP contribution is 2.49. The number of hydrogen-bond acceptors (Lipinski definition) is 24. The fourth-order valence-electron chi connectivity index (χ4n) is 17.1. The second-order valence-corrected chi connectivity index (χ2v) is 68.7. The molecule has 0 fully saturated rings. The number of fused-ring (bicyclic) bond motifs is 6. The van der Waals surface area contributed by atoms with Gasteiger partial charge in [0.05, 0.1) is 121 Å². The molecule has 0 heterocycles. The molecule has 0 aliphatic carbocycles. The normalized spacial score (nSPS) is 11.7. The smallest absolute Gasteiger partial charge is 0.343 e. The molecule has 756 valence electrons. The van der Waals surface area contributed by atoms with E-state index < -0.39 is 120 Å². The van der Waals surface area contributed by atoms with Gasteiger partial charge in [0.2, 0.25) is 0 Å². The second-order valence-electron chi connectivity index (χ2n) is 39.6. The molecule has 0 spiro atoms. The Morgan fingerprint density at radius 1 is 0.194 bits per heavy atom. The molecule has 0 N–H and O–H groups in total. The van der Waals surface area contributed by atoms with Gasteiger partial charge in [-0.2, -0.15) is 0 Å². The van der Waals surface area contributed by atoms with E-state index in [2.05, 4.69) is 118 Å². The minimum absolute atomic E-state index is 0.124. The van der Waals surface area contributed by atoms with Crippen LogP contribution in [0.2, 0.25) is 115 Å². The standard InChI is InChI=1S/C114H132O24Si6/c1-19-103(115)127-61-25-31-67-139(7,8)85-49-37-79(38-50-85)109(121)133-97-73-91-92(74-98(97)134-110(122)80-39-51-86(52-40-80)140(9,10)68-32-26-62-128-104(116)20-2)94-76-100(136-112(124)82-43-55-88(56-44-82)142(13,14)70-34-28-64-130-106(118)22-4)102(138-114(126)84-47-59-90(60-48-84)144(17,18)72-36-30-66-132-108(120)24-6)78-96(94)95-77-101(137-113(125)83-45-57-89(58-46-83)143(15,16)71-35-29-65-131-107(119)23-5)99(75-93(91)95)135-111(123)81-41-53-87(54-42-81)141(11,12)69-33-27-63-129-105(117)21-3/h19-24,37-60,73-78H,1-6,25-36,61-72H2,7-18H3. The summed E-state index contributed by atoms with van der Waals surface area (Å²) in [5, 5.41) is 7.54. The van der Waals surface area contributed by atoms with Crippen LogP contribution in [-0.4, -0.2) is 160 Å². The van der Waals surface area contributed by atoms with Gasteiger partial charge in [-0.1, -0.05) is 297 Å². The van der Waals surface area contributed by atoms with Crippen molar-refractivity contribution in [2.75, 3.05) is 39.6 Å². The molecule has 0 radical (unpaired) electrons.